The van der Waals surface area contributed by atoms with Gasteiger partial charge in [0.25, 0.3) is 0 Å². The molecule has 0 bridgehead atoms. The molecule has 96 valence electrons. The number of carboxylic acid groups (broad SMARTS) is 1. The summed E-state index contributed by atoms with van der Waals surface area (Å²) < 4.78 is 10.5. The Morgan fingerprint density at radius 3 is 2.83 bits per heavy atom. The van der Waals surface area contributed by atoms with Gasteiger partial charge in [0, 0.05) is 17.0 Å². The number of aldehydes is 1. The van der Waals surface area contributed by atoms with Crippen LogP contribution in [0, 0.1) is 0 Å². The van der Waals surface area contributed by atoms with Gasteiger partial charge in [0.2, 0.25) is 6.79 Å². The minimum absolute atomic E-state index is 0.0441. The summed E-state index contributed by atoms with van der Waals surface area (Å²) in [7, 11) is 0. The first-order chi connectivity index (χ1) is 8.63. The van der Waals surface area contributed by atoms with Crippen molar-refractivity contribution in [2.24, 2.45) is 0 Å². The highest BCUT2D eigenvalue weighted by Gasteiger charge is 2.24. The number of benzene rings is 1. The number of ether oxygens (including phenoxy) is 2. The summed E-state index contributed by atoms with van der Waals surface area (Å²) in [4.78, 5) is 21.3. The molecule has 0 saturated heterocycles. The average Bonchev–Trinajstić information content (AvgIpc) is 2.80. The zero-order chi connectivity index (χ0) is 13.1. The van der Waals surface area contributed by atoms with E-state index >= 15 is 0 Å². The molecule has 1 aliphatic rings. The van der Waals surface area contributed by atoms with Crippen molar-refractivity contribution in [2.75, 3.05) is 6.79 Å². The van der Waals surface area contributed by atoms with Crippen LogP contribution in [0.4, 0.5) is 0 Å². The number of aliphatic carboxylic acids is 1. The Kier molecular flexibility index (Phi) is 3.72. The van der Waals surface area contributed by atoms with Crippen LogP contribution in [0.1, 0.15) is 28.8 Å². The van der Waals surface area contributed by atoms with Crippen molar-refractivity contribution in [3.63, 3.8) is 0 Å². The quantitative estimate of drug-likeness (QED) is 0.831. The molecule has 1 heterocycles. The second kappa shape index (κ2) is 5.27. The molecule has 0 spiro atoms. The minimum Gasteiger partial charge on any atom is -0.481 e. The van der Waals surface area contributed by atoms with Crippen LogP contribution in [0.3, 0.4) is 0 Å². The number of hydrogen-bond acceptors (Lipinski definition) is 4. The van der Waals surface area contributed by atoms with Gasteiger partial charge in [0.05, 0.1) is 5.56 Å². The number of hydrogen-bond donors (Lipinski definition) is 1. The van der Waals surface area contributed by atoms with Crippen molar-refractivity contribution in [3.8, 4) is 11.5 Å². The second-order valence-corrected chi connectivity index (χ2v) is 4.26. The second-order valence-electron chi connectivity index (χ2n) is 3.86. The lowest BCUT2D eigenvalue weighted by Gasteiger charge is -2.09. The predicted molar refractivity (Wildman–Crippen MR) is 63.5 cm³/mol. The normalized spacial score (nSPS) is 12.5. The van der Waals surface area contributed by atoms with Gasteiger partial charge in [0.15, 0.2) is 17.8 Å². The smallest absolute Gasteiger partial charge is 0.303 e. The van der Waals surface area contributed by atoms with Crippen molar-refractivity contribution < 1.29 is 24.2 Å². The van der Waals surface area contributed by atoms with Crippen LogP contribution in [0.15, 0.2) is 6.07 Å². The summed E-state index contributed by atoms with van der Waals surface area (Å²) in [6.45, 7) is 0.0441. The van der Waals surface area contributed by atoms with Gasteiger partial charge >= 0.3 is 5.97 Å². The number of halogens is 1. The van der Waals surface area contributed by atoms with E-state index in [-0.39, 0.29) is 13.2 Å². The van der Waals surface area contributed by atoms with Crippen LogP contribution >= 0.6 is 11.6 Å². The fourth-order valence-electron chi connectivity index (χ4n) is 1.85. The molecule has 0 atom stereocenters. The number of fused-ring (bicyclic) bond motifs is 1. The molecule has 2 rings (SSSR count). The minimum atomic E-state index is -0.857. The van der Waals surface area contributed by atoms with Crippen molar-refractivity contribution in [3.05, 3.63) is 22.2 Å². The standard InChI is InChI=1S/C12H11ClO5/c13-9-4-7(5-14)11-12(18-6-17-11)8(9)2-1-3-10(15)16/h4-5H,1-3,6H2,(H,15,16). The lowest BCUT2D eigenvalue weighted by molar-refractivity contribution is -0.137. The van der Waals surface area contributed by atoms with E-state index in [1.807, 2.05) is 0 Å². The van der Waals surface area contributed by atoms with E-state index in [0.717, 1.165) is 0 Å². The van der Waals surface area contributed by atoms with Crippen molar-refractivity contribution in [1.29, 1.82) is 0 Å². The fraction of sp³-hybridized carbons (Fsp3) is 0.333. The van der Waals surface area contributed by atoms with E-state index in [2.05, 4.69) is 0 Å². The first kappa shape index (κ1) is 12.7. The molecular weight excluding hydrogens is 260 g/mol. The molecule has 0 saturated carbocycles. The van der Waals surface area contributed by atoms with Gasteiger partial charge in [-0.1, -0.05) is 11.6 Å². The highest BCUT2D eigenvalue weighted by atomic mass is 35.5. The van der Waals surface area contributed by atoms with Gasteiger partial charge in [0.1, 0.15) is 0 Å². The van der Waals surface area contributed by atoms with Gasteiger partial charge in [-0.25, -0.2) is 0 Å². The molecule has 0 unspecified atom stereocenters. The van der Waals surface area contributed by atoms with E-state index in [1.54, 1.807) is 0 Å². The maximum Gasteiger partial charge on any atom is 0.303 e. The molecular formula is C12H11ClO5. The lowest BCUT2D eigenvalue weighted by atomic mass is 10.0. The number of rotatable bonds is 5. The highest BCUT2D eigenvalue weighted by molar-refractivity contribution is 6.32. The van der Waals surface area contributed by atoms with Gasteiger partial charge < -0.3 is 14.6 Å². The average molecular weight is 271 g/mol. The molecule has 1 aliphatic heterocycles. The van der Waals surface area contributed by atoms with Crippen molar-refractivity contribution in [1.82, 2.24) is 0 Å². The van der Waals surface area contributed by atoms with E-state index in [1.165, 1.54) is 6.07 Å². The number of carbonyl (C=O) groups is 2. The molecule has 1 N–H and O–H groups in total. The van der Waals surface area contributed by atoms with Crippen LogP contribution in [0.2, 0.25) is 5.02 Å². The van der Waals surface area contributed by atoms with Gasteiger partial charge in [-0.2, -0.15) is 0 Å². The first-order valence-corrected chi connectivity index (χ1v) is 5.79. The zero-order valence-corrected chi connectivity index (χ0v) is 10.2. The molecule has 18 heavy (non-hydrogen) atoms. The number of carboxylic acids is 1. The molecule has 0 radical (unpaired) electrons. The summed E-state index contributed by atoms with van der Waals surface area (Å²) in [5.74, 6) is -0.0147. The monoisotopic (exact) mass is 270 g/mol. The summed E-state index contributed by atoms with van der Waals surface area (Å²) >= 11 is 6.07. The molecule has 1 aromatic carbocycles. The van der Waals surface area contributed by atoms with Crippen LogP contribution in [0.5, 0.6) is 11.5 Å². The molecule has 6 heteroatoms. The number of carbonyl (C=O) groups excluding carboxylic acids is 1. The Bertz CT molecular complexity index is 498. The highest BCUT2D eigenvalue weighted by Crippen LogP contribution is 2.42. The van der Waals surface area contributed by atoms with Gasteiger partial charge in [-0.3, -0.25) is 9.59 Å². The zero-order valence-electron chi connectivity index (χ0n) is 9.44. The Labute approximate surface area is 108 Å². The Balaban J connectivity index is 2.27. The molecule has 0 fully saturated rings. The maximum atomic E-state index is 10.9. The largest absolute Gasteiger partial charge is 0.481 e. The predicted octanol–water partition coefficient (Wildman–Crippen LogP) is 2.29. The molecule has 0 aliphatic carbocycles. The summed E-state index contributed by atoms with van der Waals surface area (Å²) in [6, 6.07) is 1.51. The van der Waals surface area contributed by atoms with Crippen molar-refractivity contribution in [2.45, 2.75) is 19.3 Å². The third kappa shape index (κ3) is 2.41. The van der Waals surface area contributed by atoms with E-state index in [4.69, 9.17) is 26.2 Å². The topological polar surface area (TPSA) is 72.8 Å². The van der Waals surface area contributed by atoms with E-state index in [9.17, 15) is 9.59 Å². The Hall–Kier alpha value is -1.75. The van der Waals surface area contributed by atoms with Crippen LogP contribution in [-0.2, 0) is 11.2 Å². The molecule has 5 nitrogen and oxygen atoms in total. The Morgan fingerprint density at radius 2 is 2.17 bits per heavy atom. The van der Waals surface area contributed by atoms with Crippen LogP contribution in [-0.4, -0.2) is 24.2 Å². The van der Waals surface area contributed by atoms with Gasteiger partial charge in [-0.05, 0) is 18.9 Å². The van der Waals surface area contributed by atoms with Gasteiger partial charge in [-0.15, -0.1) is 0 Å². The summed E-state index contributed by atoms with van der Waals surface area (Å²) in [6.07, 6.45) is 1.63. The molecule has 0 amide bonds. The van der Waals surface area contributed by atoms with Crippen LogP contribution in [0.25, 0.3) is 0 Å². The van der Waals surface area contributed by atoms with Crippen LogP contribution < -0.4 is 9.47 Å². The first-order valence-electron chi connectivity index (χ1n) is 5.41. The SMILES string of the molecule is O=Cc1cc(Cl)c(CCCC(=O)O)c2c1OCO2. The maximum absolute atomic E-state index is 10.9. The summed E-state index contributed by atoms with van der Waals surface area (Å²) in [5, 5.41) is 9.00. The summed E-state index contributed by atoms with van der Waals surface area (Å²) in [5.41, 5.74) is 1.03. The third-order valence-electron chi connectivity index (χ3n) is 2.66. The van der Waals surface area contributed by atoms with E-state index in [0.29, 0.717) is 46.8 Å². The molecule has 1 aromatic rings. The lowest BCUT2D eigenvalue weighted by Crippen LogP contribution is -1.98. The third-order valence-corrected chi connectivity index (χ3v) is 3.00. The molecule has 0 aromatic heterocycles. The fourth-order valence-corrected chi connectivity index (χ4v) is 2.15. The van der Waals surface area contributed by atoms with E-state index < -0.39 is 5.97 Å². The Morgan fingerprint density at radius 1 is 1.44 bits per heavy atom. The van der Waals surface area contributed by atoms with Crippen molar-refractivity contribution >= 4 is 23.9 Å².